The first-order valence-electron chi connectivity index (χ1n) is 7.52. The molecule has 0 atom stereocenters. The number of anilines is 1. The summed E-state index contributed by atoms with van der Waals surface area (Å²) >= 11 is 0. The molecule has 25 heavy (non-hydrogen) atoms. The predicted octanol–water partition coefficient (Wildman–Crippen LogP) is 2.21. The number of pyridine rings is 1. The van der Waals surface area contributed by atoms with Gasteiger partial charge in [-0.15, -0.1) is 0 Å². The van der Waals surface area contributed by atoms with Gasteiger partial charge in [-0.25, -0.2) is 17.7 Å². The van der Waals surface area contributed by atoms with Gasteiger partial charge in [0.1, 0.15) is 0 Å². The number of carbonyl (C=O) groups is 1. The Kier molecular flexibility index (Phi) is 5.44. The average molecular weight is 363 g/mol. The van der Waals surface area contributed by atoms with Crippen molar-refractivity contribution in [2.45, 2.75) is 18.7 Å². The van der Waals surface area contributed by atoms with Crippen molar-refractivity contribution >= 4 is 21.6 Å². The highest BCUT2D eigenvalue weighted by Crippen LogP contribution is 2.26. The summed E-state index contributed by atoms with van der Waals surface area (Å²) in [6, 6.07) is 6.23. The molecule has 0 saturated heterocycles. The van der Waals surface area contributed by atoms with Crippen LogP contribution in [0.1, 0.15) is 21.5 Å². The van der Waals surface area contributed by atoms with E-state index in [9.17, 15) is 13.2 Å². The number of sulfonamides is 1. The van der Waals surface area contributed by atoms with Crippen LogP contribution in [-0.4, -0.2) is 44.8 Å². The van der Waals surface area contributed by atoms with Crippen LogP contribution in [0.3, 0.4) is 0 Å². The lowest BCUT2D eigenvalue weighted by Crippen LogP contribution is -2.23. The summed E-state index contributed by atoms with van der Waals surface area (Å²) in [5.41, 5.74) is 2.36. The number of nitrogens with zero attached hydrogens (tertiary/aromatic N) is 2. The van der Waals surface area contributed by atoms with Crippen molar-refractivity contribution in [2.75, 3.05) is 26.5 Å². The zero-order valence-corrected chi connectivity index (χ0v) is 15.6. The first-order chi connectivity index (χ1) is 11.7. The Morgan fingerprint density at radius 2 is 1.88 bits per heavy atom. The first-order valence-corrected chi connectivity index (χ1v) is 8.96. The maximum Gasteiger partial charge on any atom is 0.257 e. The summed E-state index contributed by atoms with van der Waals surface area (Å²) in [6.45, 7) is 3.62. The van der Waals surface area contributed by atoms with Gasteiger partial charge < -0.3 is 10.1 Å². The van der Waals surface area contributed by atoms with E-state index in [1.165, 1.54) is 33.5 Å². The molecule has 8 heteroatoms. The van der Waals surface area contributed by atoms with Crippen molar-refractivity contribution in [3.8, 4) is 5.88 Å². The lowest BCUT2D eigenvalue weighted by molar-refractivity contribution is 0.102. The van der Waals surface area contributed by atoms with Crippen molar-refractivity contribution in [1.82, 2.24) is 9.29 Å². The quantitative estimate of drug-likeness (QED) is 0.880. The molecule has 0 spiro atoms. The zero-order valence-electron chi connectivity index (χ0n) is 14.8. The van der Waals surface area contributed by atoms with E-state index in [1.54, 1.807) is 25.1 Å². The third kappa shape index (κ3) is 3.97. The number of ether oxygens (including phenoxy) is 1. The van der Waals surface area contributed by atoms with E-state index in [0.29, 0.717) is 17.1 Å². The Bertz CT molecular complexity index is 891. The largest absolute Gasteiger partial charge is 0.481 e. The summed E-state index contributed by atoms with van der Waals surface area (Å²) < 4.78 is 30.8. The highest BCUT2D eigenvalue weighted by Gasteiger charge is 2.20. The highest BCUT2D eigenvalue weighted by atomic mass is 32.2. The molecular formula is C17H21N3O4S. The van der Waals surface area contributed by atoms with E-state index in [-0.39, 0.29) is 10.8 Å². The van der Waals surface area contributed by atoms with Crippen LogP contribution in [0.5, 0.6) is 5.88 Å². The molecule has 0 unspecified atom stereocenters. The predicted molar refractivity (Wildman–Crippen MR) is 95.5 cm³/mol. The van der Waals surface area contributed by atoms with E-state index in [4.69, 9.17) is 4.74 Å². The van der Waals surface area contributed by atoms with Crippen LogP contribution >= 0.6 is 0 Å². The Morgan fingerprint density at radius 3 is 2.40 bits per heavy atom. The van der Waals surface area contributed by atoms with Gasteiger partial charge in [-0.2, -0.15) is 0 Å². The van der Waals surface area contributed by atoms with Gasteiger partial charge in [0, 0.05) is 32.0 Å². The van der Waals surface area contributed by atoms with Gasteiger partial charge in [0.15, 0.2) is 0 Å². The summed E-state index contributed by atoms with van der Waals surface area (Å²) in [5.74, 6) is 0.0275. The summed E-state index contributed by atoms with van der Waals surface area (Å²) in [4.78, 5) is 16.5. The van der Waals surface area contributed by atoms with E-state index < -0.39 is 10.0 Å². The second-order valence-corrected chi connectivity index (χ2v) is 7.90. The van der Waals surface area contributed by atoms with Gasteiger partial charge in [0.2, 0.25) is 15.9 Å². The van der Waals surface area contributed by atoms with Crippen LogP contribution < -0.4 is 10.1 Å². The summed E-state index contributed by atoms with van der Waals surface area (Å²) in [6.07, 6.45) is 1.40. The molecule has 0 aliphatic carbocycles. The van der Waals surface area contributed by atoms with E-state index >= 15 is 0 Å². The van der Waals surface area contributed by atoms with Gasteiger partial charge in [-0.1, -0.05) is 0 Å². The molecule has 1 aromatic carbocycles. The molecule has 134 valence electrons. The van der Waals surface area contributed by atoms with Crippen molar-refractivity contribution in [3.05, 3.63) is 47.2 Å². The van der Waals surface area contributed by atoms with E-state index in [2.05, 4.69) is 10.3 Å². The molecule has 0 aliphatic rings. The average Bonchev–Trinajstić information content (AvgIpc) is 2.58. The zero-order chi connectivity index (χ0) is 18.8. The minimum absolute atomic E-state index is 0.128. The highest BCUT2D eigenvalue weighted by molar-refractivity contribution is 7.89. The number of hydrogen-bond acceptors (Lipinski definition) is 5. The molecule has 0 radical (unpaired) electrons. The molecule has 1 amide bonds. The van der Waals surface area contributed by atoms with Crippen LogP contribution in [0.2, 0.25) is 0 Å². The Balaban J connectivity index is 2.38. The van der Waals surface area contributed by atoms with Gasteiger partial charge >= 0.3 is 0 Å². The Hall–Kier alpha value is -2.45. The van der Waals surface area contributed by atoms with Crippen LogP contribution in [0.25, 0.3) is 0 Å². The molecular weight excluding hydrogens is 342 g/mol. The summed E-state index contributed by atoms with van der Waals surface area (Å²) in [7, 11) is 0.824. The number of rotatable bonds is 5. The van der Waals surface area contributed by atoms with Crippen LogP contribution in [0, 0.1) is 13.8 Å². The fourth-order valence-corrected chi connectivity index (χ4v) is 3.16. The number of carbonyl (C=O) groups excluding carboxylic acids is 1. The van der Waals surface area contributed by atoms with Crippen molar-refractivity contribution in [1.29, 1.82) is 0 Å². The van der Waals surface area contributed by atoms with E-state index in [0.717, 1.165) is 15.4 Å². The van der Waals surface area contributed by atoms with Crippen molar-refractivity contribution < 1.29 is 17.9 Å². The smallest absolute Gasteiger partial charge is 0.257 e. The second-order valence-electron chi connectivity index (χ2n) is 5.74. The monoisotopic (exact) mass is 363 g/mol. The normalized spacial score (nSPS) is 11.4. The van der Waals surface area contributed by atoms with Gasteiger partial charge in [-0.3, -0.25) is 4.79 Å². The summed E-state index contributed by atoms with van der Waals surface area (Å²) in [5, 5.41) is 2.75. The van der Waals surface area contributed by atoms with Crippen LogP contribution in [0.4, 0.5) is 5.69 Å². The molecule has 2 aromatic rings. The van der Waals surface area contributed by atoms with Crippen LogP contribution in [-0.2, 0) is 10.0 Å². The Labute approximate surface area is 147 Å². The topological polar surface area (TPSA) is 88.6 Å². The molecule has 2 rings (SSSR count). The molecule has 0 saturated carbocycles. The van der Waals surface area contributed by atoms with Gasteiger partial charge in [0.05, 0.1) is 17.6 Å². The number of aryl methyl sites for hydroxylation is 1. The maximum atomic E-state index is 12.4. The molecule has 7 nitrogen and oxygen atoms in total. The maximum absolute atomic E-state index is 12.4. The lowest BCUT2D eigenvalue weighted by Gasteiger charge is -2.16. The first kappa shape index (κ1) is 18.9. The number of methoxy groups -OCH3 is 1. The number of aromatic nitrogens is 1. The van der Waals surface area contributed by atoms with Gasteiger partial charge in [-0.05, 0) is 43.2 Å². The molecule has 1 aromatic heterocycles. The molecule has 1 heterocycles. The Morgan fingerprint density at radius 1 is 1.20 bits per heavy atom. The molecule has 0 bridgehead atoms. The molecule has 1 N–H and O–H groups in total. The van der Waals surface area contributed by atoms with Crippen molar-refractivity contribution in [2.24, 2.45) is 0 Å². The third-order valence-electron chi connectivity index (χ3n) is 3.88. The fourth-order valence-electron chi connectivity index (χ4n) is 2.15. The number of hydrogen-bond donors (Lipinski definition) is 1. The SMILES string of the molecule is COc1ccc(C(=O)Nc2cc(S(=O)(=O)N(C)C)cc(C)c2C)cn1. The second kappa shape index (κ2) is 7.20. The third-order valence-corrected chi connectivity index (χ3v) is 5.67. The molecule has 0 fully saturated rings. The number of amides is 1. The lowest BCUT2D eigenvalue weighted by atomic mass is 10.1. The fraction of sp³-hybridized carbons (Fsp3) is 0.294. The van der Waals surface area contributed by atoms with E-state index in [1.807, 2.05) is 6.92 Å². The van der Waals surface area contributed by atoms with Crippen molar-refractivity contribution in [3.63, 3.8) is 0 Å². The standard InChI is InChI=1S/C17H21N3O4S/c1-11-8-14(25(22,23)20(3)4)9-15(12(11)2)19-17(21)13-6-7-16(24-5)18-10-13/h6-10H,1-5H3,(H,19,21). The number of benzene rings is 1. The van der Waals surface area contributed by atoms with Gasteiger partial charge in [0.25, 0.3) is 5.91 Å². The van der Waals surface area contributed by atoms with Crippen LogP contribution in [0.15, 0.2) is 35.4 Å². The molecule has 0 aliphatic heterocycles. The number of nitrogens with one attached hydrogen (secondary N) is 1. The minimum Gasteiger partial charge on any atom is -0.481 e. The minimum atomic E-state index is -3.59.